The summed E-state index contributed by atoms with van der Waals surface area (Å²) < 4.78 is 21.8. The number of likely N-dealkylation sites (N-methyl/N-ethyl adjacent to an activating group) is 1. The Balaban J connectivity index is 1.16. The Morgan fingerprint density at radius 1 is 1.24 bits per heavy atom. The number of nitrogens with two attached hydrogens (primary N) is 1. The molecule has 12 nitrogen and oxygen atoms in total. The maximum absolute atomic E-state index is 15.0. The van der Waals surface area contributed by atoms with E-state index < -0.39 is 18.0 Å². The summed E-state index contributed by atoms with van der Waals surface area (Å²) in [4.78, 5) is 52.1. The molecule has 2 aliphatic rings. The van der Waals surface area contributed by atoms with Crippen LogP contribution in [0.3, 0.4) is 0 Å². The molecule has 2 aromatic heterocycles. The second-order valence-corrected chi connectivity index (χ2v) is 8.98. The zero-order chi connectivity index (χ0) is 26.1. The number of carbonyl (C=O) groups excluding carboxylic acids is 3. The smallest absolute Gasteiger partial charge is 0.414 e. The van der Waals surface area contributed by atoms with Crippen LogP contribution in [0.4, 0.5) is 20.6 Å². The highest BCUT2D eigenvalue weighted by Crippen LogP contribution is 2.28. The molecule has 0 spiro atoms. The number of piperazine rings is 1. The summed E-state index contributed by atoms with van der Waals surface area (Å²) in [7, 11) is 1.56. The maximum atomic E-state index is 15.0. The molecule has 4 heterocycles. The summed E-state index contributed by atoms with van der Waals surface area (Å²) in [6.45, 7) is 2.02. The molecule has 37 heavy (non-hydrogen) atoms. The van der Waals surface area contributed by atoms with Gasteiger partial charge in [-0.05, 0) is 18.2 Å². The Labute approximate surface area is 212 Å². The number of nitrogens with zero attached hydrogens (tertiary/aromatic N) is 7. The molecule has 5 rings (SSSR count). The summed E-state index contributed by atoms with van der Waals surface area (Å²) in [5.74, 6) is -1.02. The Bertz CT molecular complexity index is 1310. The number of benzene rings is 1. The van der Waals surface area contributed by atoms with Gasteiger partial charge in [-0.15, -0.1) is 0 Å². The lowest BCUT2D eigenvalue weighted by molar-refractivity contribution is -0.131. The van der Waals surface area contributed by atoms with Crippen LogP contribution in [-0.4, -0.2) is 101 Å². The minimum Gasteiger partial charge on any atom is -0.443 e. The number of aromatic nitrogens is 3. The molecule has 1 atom stereocenters. The van der Waals surface area contributed by atoms with Gasteiger partial charge < -0.3 is 29.6 Å². The molecule has 2 saturated heterocycles. The normalized spacial score (nSPS) is 17.9. The molecule has 0 bridgehead atoms. The number of anilines is 2. The van der Waals surface area contributed by atoms with Crippen molar-refractivity contribution < 1.29 is 23.5 Å². The molecule has 2 N–H and O–H groups in total. The molecule has 2 aliphatic heterocycles. The predicted molar refractivity (Wildman–Crippen MR) is 132 cm³/mol. The standard InChI is InChI=1S/C24H27FN8O4/c1-29(23(35)19-14-32-5-4-27-12-21(32)28-19)15-22(34)31-8-6-30(7-9-31)20-3-2-16(10-18(20)25)33-13-17(11-26)37-24(33)36/h2-5,10,12,14,17H,6-9,11,13,15,26H2,1H3/t17-/m0/s1. The van der Waals surface area contributed by atoms with Crippen molar-refractivity contribution in [3.8, 4) is 0 Å². The number of halogens is 1. The molecular formula is C24H27FN8O4. The van der Waals surface area contributed by atoms with Crippen LogP contribution in [-0.2, 0) is 9.53 Å². The Kier molecular flexibility index (Phi) is 6.61. The Hall–Kier alpha value is -4.26. The third-order valence-electron chi connectivity index (χ3n) is 6.56. The lowest BCUT2D eigenvalue weighted by atomic mass is 10.2. The molecule has 3 amide bonds. The van der Waals surface area contributed by atoms with E-state index in [9.17, 15) is 18.8 Å². The van der Waals surface area contributed by atoms with Crippen LogP contribution >= 0.6 is 0 Å². The number of hydrogen-bond donors (Lipinski definition) is 1. The fourth-order valence-corrected chi connectivity index (χ4v) is 4.49. The molecule has 0 radical (unpaired) electrons. The second kappa shape index (κ2) is 10.0. The number of ether oxygens (including phenoxy) is 1. The van der Waals surface area contributed by atoms with Gasteiger partial charge in [0.15, 0.2) is 5.65 Å². The summed E-state index contributed by atoms with van der Waals surface area (Å²) >= 11 is 0. The maximum Gasteiger partial charge on any atom is 0.414 e. The highest BCUT2D eigenvalue weighted by atomic mass is 19.1. The van der Waals surface area contributed by atoms with Crippen molar-refractivity contribution in [2.24, 2.45) is 5.73 Å². The van der Waals surface area contributed by atoms with Gasteiger partial charge >= 0.3 is 6.09 Å². The van der Waals surface area contributed by atoms with Crippen molar-refractivity contribution in [1.29, 1.82) is 0 Å². The monoisotopic (exact) mass is 510 g/mol. The van der Waals surface area contributed by atoms with Gasteiger partial charge in [0.05, 0.1) is 30.7 Å². The molecule has 194 valence electrons. The first-order valence-corrected chi connectivity index (χ1v) is 11.9. The number of amides is 3. The van der Waals surface area contributed by atoms with E-state index in [1.54, 1.807) is 53.3 Å². The van der Waals surface area contributed by atoms with Crippen LogP contribution in [0.5, 0.6) is 0 Å². The van der Waals surface area contributed by atoms with Gasteiger partial charge in [-0.2, -0.15) is 0 Å². The van der Waals surface area contributed by atoms with Crippen molar-refractivity contribution >= 4 is 34.9 Å². The van der Waals surface area contributed by atoms with Crippen molar-refractivity contribution in [3.63, 3.8) is 0 Å². The zero-order valence-corrected chi connectivity index (χ0v) is 20.3. The SMILES string of the molecule is CN(CC(=O)N1CCN(c2ccc(N3C[C@H](CN)OC3=O)cc2F)CC1)C(=O)c1cn2ccncc2n1. The first-order chi connectivity index (χ1) is 17.8. The van der Waals surface area contributed by atoms with Gasteiger partial charge in [-0.1, -0.05) is 0 Å². The molecule has 1 aromatic carbocycles. The quantitative estimate of drug-likeness (QED) is 0.510. The van der Waals surface area contributed by atoms with Gasteiger partial charge in [0.1, 0.15) is 17.6 Å². The Morgan fingerprint density at radius 2 is 2.03 bits per heavy atom. The number of hydrogen-bond acceptors (Lipinski definition) is 8. The molecule has 3 aromatic rings. The van der Waals surface area contributed by atoms with Gasteiger partial charge in [0.25, 0.3) is 5.91 Å². The fraction of sp³-hybridized carbons (Fsp3) is 0.375. The molecule has 2 fully saturated rings. The van der Waals surface area contributed by atoms with Crippen LogP contribution in [0, 0.1) is 5.82 Å². The largest absolute Gasteiger partial charge is 0.443 e. The van der Waals surface area contributed by atoms with E-state index in [4.69, 9.17) is 10.5 Å². The van der Waals surface area contributed by atoms with Crippen LogP contribution in [0.1, 0.15) is 10.5 Å². The third-order valence-corrected chi connectivity index (χ3v) is 6.56. The number of carbonyl (C=O) groups is 3. The van der Waals surface area contributed by atoms with E-state index in [0.29, 0.717) is 43.2 Å². The number of imidazole rings is 1. The van der Waals surface area contributed by atoms with Gasteiger partial charge in [0.2, 0.25) is 5.91 Å². The molecule has 13 heteroatoms. The van der Waals surface area contributed by atoms with Gasteiger partial charge in [-0.25, -0.2) is 14.2 Å². The predicted octanol–water partition coefficient (Wildman–Crippen LogP) is 0.573. The van der Waals surface area contributed by atoms with Crippen molar-refractivity contribution in [2.75, 3.05) is 62.7 Å². The number of cyclic esters (lactones) is 1. The summed E-state index contributed by atoms with van der Waals surface area (Å²) in [6, 6.07) is 4.61. The highest BCUT2D eigenvalue weighted by molar-refractivity contribution is 5.95. The molecule has 0 unspecified atom stereocenters. The van der Waals surface area contributed by atoms with E-state index in [2.05, 4.69) is 9.97 Å². The third kappa shape index (κ3) is 4.89. The number of fused-ring (bicyclic) bond motifs is 1. The first kappa shape index (κ1) is 24.4. The summed E-state index contributed by atoms with van der Waals surface area (Å²) in [5, 5.41) is 0. The zero-order valence-electron chi connectivity index (χ0n) is 20.3. The van der Waals surface area contributed by atoms with Crippen molar-refractivity contribution in [2.45, 2.75) is 6.10 Å². The molecule has 0 aliphatic carbocycles. The van der Waals surface area contributed by atoms with Gasteiger partial charge in [0, 0.05) is 58.4 Å². The van der Waals surface area contributed by atoms with Crippen molar-refractivity contribution in [3.05, 3.63) is 54.5 Å². The lowest BCUT2D eigenvalue weighted by Crippen LogP contribution is -2.51. The second-order valence-electron chi connectivity index (χ2n) is 8.98. The van der Waals surface area contributed by atoms with Gasteiger partial charge in [-0.3, -0.25) is 19.5 Å². The van der Waals surface area contributed by atoms with Crippen LogP contribution < -0.4 is 15.5 Å². The van der Waals surface area contributed by atoms with E-state index in [0.717, 1.165) is 0 Å². The topological polar surface area (TPSA) is 130 Å². The summed E-state index contributed by atoms with van der Waals surface area (Å²) in [6.07, 6.45) is 5.48. The number of rotatable bonds is 6. The van der Waals surface area contributed by atoms with Crippen LogP contribution in [0.15, 0.2) is 43.0 Å². The minimum atomic E-state index is -0.545. The van der Waals surface area contributed by atoms with E-state index in [1.807, 2.05) is 4.90 Å². The summed E-state index contributed by atoms with van der Waals surface area (Å²) in [5.41, 5.74) is 7.14. The van der Waals surface area contributed by atoms with Crippen molar-refractivity contribution in [1.82, 2.24) is 24.2 Å². The molecule has 0 saturated carbocycles. The first-order valence-electron chi connectivity index (χ1n) is 11.9. The van der Waals surface area contributed by atoms with E-state index in [1.165, 1.54) is 15.9 Å². The van der Waals surface area contributed by atoms with E-state index in [-0.39, 0.29) is 37.1 Å². The fourth-order valence-electron chi connectivity index (χ4n) is 4.49. The lowest BCUT2D eigenvalue weighted by Gasteiger charge is -2.37. The minimum absolute atomic E-state index is 0.0935. The Morgan fingerprint density at radius 3 is 2.70 bits per heavy atom. The average Bonchev–Trinajstić information content (AvgIpc) is 3.51. The van der Waals surface area contributed by atoms with Crippen LogP contribution in [0.25, 0.3) is 5.65 Å². The average molecular weight is 511 g/mol. The van der Waals surface area contributed by atoms with E-state index >= 15 is 0 Å². The molecular weight excluding hydrogens is 483 g/mol. The highest BCUT2D eigenvalue weighted by Gasteiger charge is 2.32. The van der Waals surface area contributed by atoms with Crippen LogP contribution in [0.2, 0.25) is 0 Å².